The second-order valence-corrected chi connectivity index (χ2v) is 7.56. The summed E-state index contributed by atoms with van der Waals surface area (Å²) in [7, 11) is 1.84. The highest BCUT2D eigenvalue weighted by Gasteiger charge is 2.22. The molecule has 1 aromatic heterocycles. The van der Waals surface area contributed by atoms with Crippen molar-refractivity contribution in [1.82, 2.24) is 14.8 Å². The molecule has 0 aliphatic carbocycles. The van der Waals surface area contributed by atoms with E-state index in [-0.39, 0.29) is 23.4 Å². The molecule has 1 atom stereocenters. The van der Waals surface area contributed by atoms with Crippen LogP contribution < -0.4 is 10.7 Å². The number of nitrogens with zero attached hydrogens (tertiary/aromatic N) is 2. The van der Waals surface area contributed by atoms with E-state index in [9.17, 15) is 9.59 Å². The maximum Gasteiger partial charge on any atom is 0.290 e. The molecule has 1 aromatic carbocycles. The summed E-state index contributed by atoms with van der Waals surface area (Å²) in [6.07, 6.45) is 6.16. The molecule has 0 bridgehead atoms. The SMILES string of the molecule is Cc1cc(=O)c(C(=O)NCCC2CCCCN2Cc2ccccc2)cn1C.O=CO. The van der Waals surface area contributed by atoms with Gasteiger partial charge in [-0.05, 0) is 38.3 Å². The van der Waals surface area contributed by atoms with Crippen molar-refractivity contribution in [3.63, 3.8) is 0 Å². The molecule has 1 amide bonds. The Morgan fingerprint density at radius 3 is 2.67 bits per heavy atom. The number of piperidine rings is 1. The molecule has 2 N–H and O–H groups in total. The van der Waals surface area contributed by atoms with Crippen LogP contribution in [-0.4, -0.2) is 46.1 Å². The molecule has 0 radical (unpaired) electrons. The largest absolute Gasteiger partial charge is 0.483 e. The number of carboxylic acid groups (broad SMARTS) is 1. The lowest BCUT2D eigenvalue weighted by atomic mass is 9.98. The molecule has 1 saturated heterocycles. The number of carbonyl (C=O) groups excluding carboxylic acids is 1. The van der Waals surface area contributed by atoms with Crippen molar-refractivity contribution < 1.29 is 14.7 Å². The highest BCUT2D eigenvalue weighted by molar-refractivity contribution is 5.93. The van der Waals surface area contributed by atoms with Crippen LogP contribution in [0.3, 0.4) is 0 Å². The van der Waals surface area contributed by atoms with E-state index < -0.39 is 0 Å². The average molecular weight is 414 g/mol. The average Bonchev–Trinajstić information content (AvgIpc) is 2.73. The number of aromatic nitrogens is 1. The van der Waals surface area contributed by atoms with Crippen molar-refractivity contribution in [1.29, 1.82) is 0 Å². The Labute approximate surface area is 177 Å². The van der Waals surface area contributed by atoms with E-state index in [0.29, 0.717) is 12.6 Å². The first kappa shape index (κ1) is 23.3. The first-order chi connectivity index (χ1) is 14.5. The standard InChI is InChI=1S/C22H29N3O2.CH2O2/c1-17-14-21(26)20(16-24(17)2)22(27)23-12-11-19-10-6-7-13-25(19)15-18-8-4-3-5-9-18;2-1-3/h3-5,8-9,14,16,19H,6-7,10-13,15H2,1-2H3,(H,23,27);1H,(H,2,3). The second kappa shape index (κ2) is 11.9. The molecule has 0 saturated carbocycles. The molecule has 7 nitrogen and oxygen atoms in total. The van der Waals surface area contributed by atoms with Crippen LogP contribution in [0.5, 0.6) is 0 Å². The van der Waals surface area contributed by atoms with Crippen LogP contribution in [-0.2, 0) is 18.4 Å². The smallest absolute Gasteiger partial charge is 0.290 e. The van der Waals surface area contributed by atoms with Gasteiger partial charge in [0.15, 0.2) is 5.43 Å². The fourth-order valence-corrected chi connectivity index (χ4v) is 3.76. The Morgan fingerprint density at radius 1 is 1.27 bits per heavy atom. The topological polar surface area (TPSA) is 91.6 Å². The van der Waals surface area contributed by atoms with E-state index in [1.54, 1.807) is 10.8 Å². The predicted molar refractivity (Wildman–Crippen MR) is 117 cm³/mol. The minimum absolute atomic E-state index is 0.216. The van der Waals surface area contributed by atoms with Gasteiger partial charge in [0.25, 0.3) is 12.4 Å². The summed E-state index contributed by atoms with van der Waals surface area (Å²) in [5, 5.41) is 9.83. The third kappa shape index (κ3) is 6.84. The number of hydrogen-bond donors (Lipinski definition) is 2. The predicted octanol–water partition coefficient (Wildman–Crippen LogP) is 2.57. The summed E-state index contributed by atoms with van der Waals surface area (Å²) in [6, 6.07) is 12.5. The lowest BCUT2D eigenvalue weighted by Gasteiger charge is -2.36. The first-order valence-electron chi connectivity index (χ1n) is 10.3. The molecular weight excluding hydrogens is 382 g/mol. The summed E-state index contributed by atoms with van der Waals surface area (Å²) in [5.41, 5.74) is 2.17. The van der Waals surface area contributed by atoms with Gasteiger partial charge in [0.2, 0.25) is 0 Å². The summed E-state index contributed by atoms with van der Waals surface area (Å²) in [5.74, 6) is -0.277. The van der Waals surface area contributed by atoms with Gasteiger partial charge in [-0.15, -0.1) is 0 Å². The Hall–Kier alpha value is -2.93. The van der Waals surface area contributed by atoms with Gasteiger partial charge >= 0.3 is 0 Å². The van der Waals surface area contributed by atoms with Crippen LogP contribution in [0.25, 0.3) is 0 Å². The van der Waals surface area contributed by atoms with Crippen molar-refractivity contribution in [2.24, 2.45) is 7.05 Å². The Kier molecular flexibility index (Phi) is 9.28. The minimum atomic E-state index is -0.277. The third-order valence-corrected chi connectivity index (χ3v) is 5.47. The van der Waals surface area contributed by atoms with Crippen molar-refractivity contribution in [2.75, 3.05) is 13.1 Å². The fraction of sp³-hybridized carbons (Fsp3) is 0.435. The summed E-state index contributed by atoms with van der Waals surface area (Å²) in [4.78, 5) is 35.4. The van der Waals surface area contributed by atoms with Gasteiger partial charge in [-0.1, -0.05) is 36.8 Å². The zero-order valence-electron chi connectivity index (χ0n) is 17.7. The Morgan fingerprint density at radius 2 is 1.97 bits per heavy atom. The monoisotopic (exact) mass is 413 g/mol. The lowest BCUT2D eigenvalue weighted by Crippen LogP contribution is -2.41. The van der Waals surface area contributed by atoms with Crippen LogP contribution in [0.4, 0.5) is 0 Å². The Bertz CT molecular complexity index is 880. The number of aryl methyl sites for hydroxylation is 2. The van der Waals surface area contributed by atoms with Crippen molar-refractivity contribution >= 4 is 12.4 Å². The van der Waals surface area contributed by atoms with Crippen LogP contribution in [0.1, 0.15) is 47.3 Å². The molecule has 2 heterocycles. The van der Waals surface area contributed by atoms with Crippen molar-refractivity contribution in [3.05, 3.63) is 69.6 Å². The van der Waals surface area contributed by atoms with Crippen LogP contribution in [0.15, 0.2) is 47.4 Å². The number of nitrogens with one attached hydrogen (secondary N) is 1. The van der Waals surface area contributed by atoms with Gasteiger partial charge < -0.3 is 15.0 Å². The van der Waals surface area contributed by atoms with E-state index in [2.05, 4.69) is 34.5 Å². The van der Waals surface area contributed by atoms with Gasteiger partial charge in [0.1, 0.15) is 5.56 Å². The molecule has 3 rings (SSSR count). The second-order valence-electron chi connectivity index (χ2n) is 7.56. The molecule has 1 aliphatic rings. The summed E-state index contributed by atoms with van der Waals surface area (Å²) in [6.45, 7) is 4.25. The zero-order valence-corrected chi connectivity index (χ0v) is 17.7. The molecule has 1 unspecified atom stereocenters. The number of hydrogen-bond acceptors (Lipinski definition) is 4. The summed E-state index contributed by atoms with van der Waals surface area (Å²) >= 11 is 0. The molecule has 162 valence electrons. The Balaban J connectivity index is 0.00000101. The lowest BCUT2D eigenvalue weighted by molar-refractivity contribution is -0.122. The number of amides is 1. The third-order valence-electron chi connectivity index (χ3n) is 5.47. The first-order valence-corrected chi connectivity index (χ1v) is 10.3. The normalized spacial score (nSPS) is 16.3. The van der Waals surface area contributed by atoms with Crippen molar-refractivity contribution in [3.8, 4) is 0 Å². The van der Waals surface area contributed by atoms with Crippen LogP contribution in [0.2, 0.25) is 0 Å². The number of likely N-dealkylation sites (tertiary alicyclic amines) is 1. The van der Waals surface area contributed by atoms with Gasteiger partial charge in [0, 0.05) is 44.1 Å². The quantitative estimate of drug-likeness (QED) is 0.710. The maximum atomic E-state index is 12.4. The van der Waals surface area contributed by atoms with Crippen molar-refractivity contribution in [2.45, 2.75) is 45.2 Å². The van der Waals surface area contributed by atoms with Gasteiger partial charge in [-0.25, -0.2) is 0 Å². The molecule has 2 aromatic rings. The zero-order chi connectivity index (χ0) is 21.9. The molecule has 1 aliphatic heterocycles. The molecule has 1 fully saturated rings. The van der Waals surface area contributed by atoms with E-state index >= 15 is 0 Å². The number of benzene rings is 1. The maximum absolute atomic E-state index is 12.4. The van der Waals surface area contributed by atoms with E-state index in [4.69, 9.17) is 9.90 Å². The molecule has 7 heteroatoms. The highest BCUT2D eigenvalue weighted by atomic mass is 16.3. The van der Waals surface area contributed by atoms with Crippen LogP contribution >= 0.6 is 0 Å². The summed E-state index contributed by atoms with van der Waals surface area (Å²) < 4.78 is 1.80. The van der Waals surface area contributed by atoms with E-state index in [1.807, 2.05) is 20.0 Å². The van der Waals surface area contributed by atoms with Gasteiger partial charge in [-0.3, -0.25) is 19.3 Å². The van der Waals surface area contributed by atoms with Gasteiger partial charge in [-0.2, -0.15) is 0 Å². The number of rotatable bonds is 6. The fourth-order valence-electron chi connectivity index (χ4n) is 3.76. The number of pyridine rings is 1. The van der Waals surface area contributed by atoms with E-state index in [1.165, 1.54) is 24.5 Å². The molecular formula is C23H31N3O4. The van der Waals surface area contributed by atoms with Crippen LogP contribution in [0, 0.1) is 6.92 Å². The van der Waals surface area contributed by atoms with E-state index in [0.717, 1.165) is 31.6 Å². The highest BCUT2D eigenvalue weighted by Crippen LogP contribution is 2.21. The number of carbonyl (C=O) groups is 2. The molecule has 0 spiro atoms. The minimum Gasteiger partial charge on any atom is -0.483 e. The van der Waals surface area contributed by atoms with Gasteiger partial charge in [0.05, 0.1) is 0 Å². The molecule has 30 heavy (non-hydrogen) atoms.